The van der Waals surface area contributed by atoms with Crippen molar-refractivity contribution in [3.8, 4) is 0 Å². The van der Waals surface area contributed by atoms with E-state index in [1.54, 1.807) is 0 Å². The summed E-state index contributed by atoms with van der Waals surface area (Å²) >= 11 is 0. The number of hydrogen-bond donors (Lipinski definition) is 0. The Morgan fingerprint density at radius 1 is 0.609 bits per heavy atom. The monoisotopic (exact) mass is 299 g/mol. The number of carbonyl (C=O) groups is 1. The molecule has 0 saturated carbocycles. The van der Waals surface area contributed by atoms with Gasteiger partial charge in [0.1, 0.15) is 0 Å². The zero-order chi connectivity index (χ0) is 15.6. The number of para-hydroxylation sites is 1. The normalized spacial score (nSPS) is 20.2. The van der Waals surface area contributed by atoms with Crippen LogP contribution in [0.4, 0.5) is 5.69 Å². The van der Waals surface area contributed by atoms with E-state index in [4.69, 9.17) is 0 Å². The van der Waals surface area contributed by atoms with Gasteiger partial charge in [0.25, 0.3) is 0 Å². The van der Waals surface area contributed by atoms with E-state index in [2.05, 4.69) is 12.1 Å². The lowest BCUT2D eigenvalue weighted by Crippen LogP contribution is -2.53. The van der Waals surface area contributed by atoms with Gasteiger partial charge in [-0.25, -0.2) is 0 Å². The van der Waals surface area contributed by atoms with Crippen molar-refractivity contribution in [2.45, 2.75) is 12.0 Å². The summed E-state index contributed by atoms with van der Waals surface area (Å²) in [4.78, 5) is 14.8. The Kier molecular flexibility index (Phi) is 3.43. The maximum absolute atomic E-state index is 12.9. The largest absolute Gasteiger partial charge is 0.303 e. The van der Waals surface area contributed by atoms with Crippen molar-refractivity contribution in [3.05, 3.63) is 102 Å². The SMILES string of the molecule is O=C1[C@@H](c2ccccc2)[C@@H](c2ccccc2)N1c1ccccc1. The van der Waals surface area contributed by atoms with Gasteiger partial charge in [0.05, 0.1) is 12.0 Å². The van der Waals surface area contributed by atoms with Crippen LogP contribution in [0.2, 0.25) is 0 Å². The molecule has 3 aromatic rings. The fourth-order valence-corrected chi connectivity index (χ4v) is 3.34. The Morgan fingerprint density at radius 2 is 1.09 bits per heavy atom. The van der Waals surface area contributed by atoms with E-state index < -0.39 is 0 Å². The molecule has 3 aromatic carbocycles. The maximum atomic E-state index is 12.9. The number of carbonyl (C=O) groups excluding carboxylic acids is 1. The summed E-state index contributed by atoms with van der Waals surface area (Å²) in [5.41, 5.74) is 3.21. The highest BCUT2D eigenvalue weighted by Gasteiger charge is 2.49. The van der Waals surface area contributed by atoms with Crippen LogP contribution in [0.3, 0.4) is 0 Å². The molecule has 112 valence electrons. The van der Waals surface area contributed by atoms with Gasteiger partial charge in [-0.2, -0.15) is 0 Å². The second kappa shape index (κ2) is 5.73. The molecule has 0 aliphatic carbocycles. The summed E-state index contributed by atoms with van der Waals surface area (Å²) in [6, 6.07) is 30.3. The van der Waals surface area contributed by atoms with Crippen molar-refractivity contribution < 1.29 is 4.79 Å². The Hall–Kier alpha value is -2.87. The summed E-state index contributed by atoms with van der Waals surface area (Å²) < 4.78 is 0. The van der Waals surface area contributed by atoms with Crippen LogP contribution >= 0.6 is 0 Å². The van der Waals surface area contributed by atoms with Crippen molar-refractivity contribution in [3.63, 3.8) is 0 Å². The minimum Gasteiger partial charge on any atom is -0.303 e. The van der Waals surface area contributed by atoms with Gasteiger partial charge >= 0.3 is 0 Å². The van der Waals surface area contributed by atoms with E-state index in [1.807, 2.05) is 83.8 Å². The third kappa shape index (κ3) is 2.33. The molecule has 0 aromatic heterocycles. The van der Waals surface area contributed by atoms with Crippen molar-refractivity contribution >= 4 is 11.6 Å². The molecule has 1 saturated heterocycles. The number of rotatable bonds is 3. The molecular formula is C21H17NO. The Labute approximate surface area is 136 Å². The van der Waals surface area contributed by atoms with Crippen molar-refractivity contribution in [2.24, 2.45) is 0 Å². The number of anilines is 1. The van der Waals surface area contributed by atoms with E-state index in [-0.39, 0.29) is 17.9 Å². The molecule has 1 aliphatic rings. The van der Waals surface area contributed by atoms with E-state index in [9.17, 15) is 4.79 Å². The third-order valence-corrected chi connectivity index (χ3v) is 4.43. The standard InChI is InChI=1S/C21H17NO/c23-21-19(16-10-4-1-5-11-16)20(17-12-6-2-7-13-17)22(21)18-14-8-3-9-15-18/h1-15,19-20H/t19-,20+/m0/s1. The van der Waals surface area contributed by atoms with E-state index in [0.29, 0.717) is 0 Å². The highest BCUT2D eigenvalue weighted by molar-refractivity contribution is 6.06. The van der Waals surface area contributed by atoms with Crippen LogP contribution in [0.15, 0.2) is 91.0 Å². The fraction of sp³-hybridized carbons (Fsp3) is 0.0952. The van der Waals surface area contributed by atoms with E-state index in [1.165, 1.54) is 5.56 Å². The molecule has 0 N–H and O–H groups in total. The molecule has 23 heavy (non-hydrogen) atoms. The first-order chi connectivity index (χ1) is 11.4. The molecule has 2 atom stereocenters. The molecule has 1 fully saturated rings. The van der Waals surface area contributed by atoms with Gasteiger partial charge in [-0.3, -0.25) is 4.79 Å². The Bertz CT molecular complexity index is 750. The smallest absolute Gasteiger partial charge is 0.237 e. The number of hydrogen-bond acceptors (Lipinski definition) is 1. The fourth-order valence-electron chi connectivity index (χ4n) is 3.34. The van der Waals surface area contributed by atoms with Gasteiger partial charge < -0.3 is 4.90 Å². The van der Waals surface area contributed by atoms with Crippen LogP contribution in [0.5, 0.6) is 0 Å². The molecule has 0 radical (unpaired) electrons. The Morgan fingerprint density at radius 3 is 1.65 bits per heavy atom. The van der Waals surface area contributed by atoms with Gasteiger partial charge in [-0.15, -0.1) is 0 Å². The van der Waals surface area contributed by atoms with Crippen LogP contribution in [0.1, 0.15) is 23.1 Å². The second-order valence-corrected chi connectivity index (χ2v) is 5.79. The van der Waals surface area contributed by atoms with Crippen molar-refractivity contribution in [1.29, 1.82) is 0 Å². The molecule has 2 nitrogen and oxygen atoms in total. The summed E-state index contributed by atoms with van der Waals surface area (Å²) in [6.45, 7) is 0. The zero-order valence-electron chi connectivity index (χ0n) is 12.7. The lowest BCUT2D eigenvalue weighted by Gasteiger charge is -2.47. The molecule has 0 unspecified atom stereocenters. The van der Waals surface area contributed by atoms with Crippen LogP contribution in [0, 0.1) is 0 Å². The number of nitrogens with zero attached hydrogens (tertiary/aromatic N) is 1. The van der Waals surface area contributed by atoms with E-state index in [0.717, 1.165) is 11.3 Å². The molecule has 0 spiro atoms. The molecular weight excluding hydrogens is 282 g/mol. The first kappa shape index (κ1) is 13.8. The summed E-state index contributed by atoms with van der Waals surface area (Å²) in [6.07, 6.45) is 0. The van der Waals surface area contributed by atoms with Gasteiger partial charge in [0, 0.05) is 5.69 Å². The predicted octanol–water partition coefficient (Wildman–Crippen LogP) is 4.56. The molecule has 1 aliphatic heterocycles. The highest BCUT2D eigenvalue weighted by Crippen LogP contribution is 2.48. The Balaban J connectivity index is 1.78. The van der Waals surface area contributed by atoms with Crippen molar-refractivity contribution in [2.75, 3.05) is 4.90 Å². The van der Waals surface area contributed by atoms with Crippen LogP contribution in [-0.2, 0) is 4.79 Å². The lowest BCUT2D eigenvalue weighted by molar-refractivity contribution is -0.126. The molecule has 4 rings (SSSR count). The predicted molar refractivity (Wildman–Crippen MR) is 92.3 cm³/mol. The zero-order valence-corrected chi connectivity index (χ0v) is 12.7. The van der Waals surface area contributed by atoms with Crippen LogP contribution in [0.25, 0.3) is 0 Å². The lowest BCUT2D eigenvalue weighted by atomic mass is 9.77. The summed E-state index contributed by atoms with van der Waals surface area (Å²) in [7, 11) is 0. The average molecular weight is 299 g/mol. The third-order valence-electron chi connectivity index (χ3n) is 4.43. The number of β-lactam (4-membered cyclic amide) rings is 1. The molecule has 1 heterocycles. The first-order valence-corrected chi connectivity index (χ1v) is 7.84. The topological polar surface area (TPSA) is 20.3 Å². The highest BCUT2D eigenvalue weighted by atomic mass is 16.2. The first-order valence-electron chi connectivity index (χ1n) is 7.84. The van der Waals surface area contributed by atoms with Gasteiger partial charge in [0.2, 0.25) is 5.91 Å². The van der Waals surface area contributed by atoms with E-state index >= 15 is 0 Å². The minimum absolute atomic E-state index is 0.0495. The maximum Gasteiger partial charge on any atom is 0.237 e. The second-order valence-electron chi connectivity index (χ2n) is 5.79. The van der Waals surface area contributed by atoms with Gasteiger partial charge in [0.15, 0.2) is 0 Å². The minimum atomic E-state index is -0.112. The van der Waals surface area contributed by atoms with Gasteiger partial charge in [-0.1, -0.05) is 78.9 Å². The molecule has 0 bridgehead atoms. The number of benzene rings is 3. The molecule has 2 heteroatoms. The number of amides is 1. The quantitative estimate of drug-likeness (QED) is 0.649. The molecule has 1 amide bonds. The van der Waals surface area contributed by atoms with Gasteiger partial charge in [-0.05, 0) is 23.3 Å². The summed E-state index contributed by atoms with van der Waals surface area (Å²) in [5, 5.41) is 0. The average Bonchev–Trinajstić information content (AvgIpc) is 2.62. The summed E-state index contributed by atoms with van der Waals surface area (Å²) in [5.74, 6) is 0.0510. The van der Waals surface area contributed by atoms with Crippen LogP contribution < -0.4 is 4.90 Å². The van der Waals surface area contributed by atoms with Crippen molar-refractivity contribution in [1.82, 2.24) is 0 Å². The van der Waals surface area contributed by atoms with Crippen LogP contribution in [-0.4, -0.2) is 5.91 Å².